The summed E-state index contributed by atoms with van der Waals surface area (Å²) in [6.07, 6.45) is 10.8. The van der Waals surface area contributed by atoms with E-state index in [0.717, 1.165) is 61.2 Å². The van der Waals surface area contributed by atoms with Crippen molar-refractivity contribution in [2.75, 3.05) is 0 Å². The van der Waals surface area contributed by atoms with Gasteiger partial charge in [-0.1, -0.05) is 18.2 Å². The predicted octanol–water partition coefficient (Wildman–Crippen LogP) is 6.56. The maximum absolute atomic E-state index is 13.5. The van der Waals surface area contributed by atoms with Gasteiger partial charge in [-0.15, -0.1) is 0 Å². The summed E-state index contributed by atoms with van der Waals surface area (Å²) < 4.78 is 5.89. The molecule has 0 N–H and O–H groups in total. The number of piperidine rings is 1. The van der Waals surface area contributed by atoms with Crippen LogP contribution in [-0.2, 0) is 17.6 Å². The maximum atomic E-state index is 13.5. The number of amides is 1. The van der Waals surface area contributed by atoms with Gasteiger partial charge >= 0.3 is 6.09 Å². The van der Waals surface area contributed by atoms with Crippen LogP contribution in [0.5, 0.6) is 0 Å². The Bertz CT molecular complexity index is 1130. The molecular formula is C29H36N4O2. The van der Waals surface area contributed by atoms with Crippen LogP contribution >= 0.6 is 0 Å². The molecule has 1 aliphatic heterocycles. The zero-order chi connectivity index (χ0) is 24.8. The highest BCUT2D eigenvalue weighted by Crippen LogP contribution is 2.42. The molecule has 184 valence electrons. The fourth-order valence-corrected chi connectivity index (χ4v) is 4.82. The minimum Gasteiger partial charge on any atom is -0.444 e. The van der Waals surface area contributed by atoms with E-state index < -0.39 is 5.60 Å². The molecule has 1 saturated heterocycles. The normalized spacial score (nSPS) is 18.3. The third-order valence-electron chi connectivity index (χ3n) is 6.39. The second kappa shape index (κ2) is 11.0. The zero-order valence-corrected chi connectivity index (χ0v) is 21.3. The molecule has 1 amide bonds. The van der Waals surface area contributed by atoms with Crippen LogP contribution in [0.15, 0.2) is 61.1 Å². The molecule has 0 radical (unpaired) electrons. The first-order chi connectivity index (χ1) is 16.8. The lowest BCUT2D eigenvalue weighted by molar-refractivity contribution is -0.00806. The molecule has 0 aromatic carbocycles. The summed E-state index contributed by atoms with van der Waals surface area (Å²) in [6.45, 7) is 7.78. The van der Waals surface area contributed by atoms with Crippen LogP contribution in [0, 0.1) is 6.92 Å². The molecule has 0 aliphatic carbocycles. The van der Waals surface area contributed by atoms with E-state index in [0.29, 0.717) is 0 Å². The van der Waals surface area contributed by atoms with E-state index >= 15 is 0 Å². The van der Waals surface area contributed by atoms with Gasteiger partial charge in [0.15, 0.2) is 0 Å². The number of carbonyl (C=O) groups excluding carboxylic acids is 1. The third kappa shape index (κ3) is 6.44. The lowest BCUT2D eigenvalue weighted by Gasteiger charge is -2.42. The van der Waals surface area contributed by atoms with Crippen LogP contribution < -0.4 is 0 Å². The van der Waals surface area contributed by atoms with Crippen molar-refractivity contribution in [2.24, 2.45) is 0 Å². The zero-order valence-electron chi connectivity index (χ0n) is 21.3. The molecule has 2 atom stereocenters. The molecule has 0 spiro atoms. The lowest BCUT2D eigenvalue weighted by Crippen LogP contribution is -2.44. The van der Waals surface area contributed by atoms with Crippen LogP contribution in [0.4, 0.5) is 4.79 Å². The van der Waals surface area contributed by atoms with E-state index in [4.69, 9.17) is 9.72 Å². The average Bonchev–Trinajstić information content (AvgIpc) is 2.84. The molecule has 6 nitrogen and oxygen atoms in total. The molecule has 0 bridgehead atoms. The van der Waals surface area contributed by atoms with Gasteiger partial charge in [-0.05, 0) is 102 Å². The van der Waals surface area contributed by atoms with Crippen LogP contribution in [0.25, 0.3) is 0 Å². The van der Waals surface area contributed by atoms with Gasteiger partial charge < -0.3 is 4.74 Å². The van der Waals surface area contributed by atoms with Crippen molar-refractivity contribution < 1.29 is 9.53 Å². The molecule has 4 rings (SSSR count). The fourth-order valence-electron chi connectivity index (χ4n) is 4.82. The number of likely N-dealkylation sites (tertiary alicyclic amines) is 1. The first kappa shape index (κ1) is 24.8. The Morgan fingerprint density at radius 2 is 1.83 bits per heavy atom. The van der Waals surface area contributed by atoms with Crippen molar-refractivity contribution in [3.05, 3.63) is 89.3 Å². The minimum absolute atomic E-state index is 0.138. The van der Waals surface area contributed by atoms with E-state index in [2.05, 4.69) is 41.2 Å². The van der Waals surface area contributed by atoms with Crippen molar-refractivity contribution in [3.63, 3.8) is 0 Å². The first-order valence-corrected chi connectivity index (χ1v) is 12.6. The summed E-state index contributed by atoms with van der Waals surface area (Å²) >= 11 is 0. The fraction of sp³-hybridized carbons (Fsp3) is 0.448. The van der Waals surface area contributed by atoms with Gasteiger partial charge in [0.2, 0.25) is 0 Å². The van der Waals surface area contributed by atoms with Gasteiger partial charge in [0, 0.05) is 24.3 Å². The number of aromatic nitrogens is 3. The van der Waals surface area contributed by atoms with Crippen molar-refractivity contribution in [1.82, 2.24) is 19.9 Å². The molecule has 6 heteroatoms. The molecule has 1 aliphatic rings. The molecule has 0 saturated carbocycles. The van der Waals surface area contributed by atoms with E-state index in [1.807, 2.05) is 50.1 Å². The Morgan fingerprint density at radius 1 is 1.03 bits per heavy atom. The summed E-state index contributed by atoms with van der Waals surface area (Å²) in [4.78, 5) is 29.3. The third-order valence-corrected chi connectivity index (χ3v) is 6.39. The van der Waals surface area contributed by atoms with Crippen molar-refractivity contribution >= 4 is 6.09 Å². The summed E-state index contributed by atoms with van der Waals surface area (Å²) in [5.41, 5.74) is 4.66. The molecule has 3 aromatic heterocycles. The van der Waals surface area contributed by atoms with Gasteiger partial charge in [0.05, 0.1) is 23.5 Å². The van der Waals surface area contributed by atoms with Crippen molar-refractivity contribution in [2.45, 2.75) is 83.9 Å². The summed E-state index contributed by atoms with van der Waals surface area (Å²) in [5, 5.41) is 0. The topological polar surface area (TPSA) is 68.2 Å². The average molecular weight is 473 g/mol. The smallest absolute Gasteiger partial charge is 0.411 e. The van der Waals surface area contributed by atoms with Gasteiger partial charge in [0.25, 0.3) is 0 Å². The van der Waals surface area contributed by atoms with E-state index in [1.165, 1.54) is 5.56 Å². The number of hydrogen-bond donors (Lipinski definition) is 0. The highest BCUT2D eigenvalue weighted by Gasteiger charge is 2.40. The van der Waals surface area contributed by atoms with Crippen LogP contribution in [-0.4, -0.2) is 31.5 Å². The number of rotatable bonds is 6. The number of carbonyl (C=O) groups is 1. The highest BCUT2D eigenvalue weighted by molar-refractivity contribution is 5.70. The van der Waals surface area contributed by atoms with Crippen molar-refractivity contribution in [3.8, 4) is 0 Å². The SMILES string of the molecule is Cc1cccnc1[C@@H]1CCC[C@H](c2cccc(CCCc3cccnc3)n2)N1C(=O)OC(C)(C)C. The van der Waals surface area contributed by atoms with E-state index in [1.54, 1.807) is 12.4 Å². The number of aryl methyl sites for hydroxylation is 3. The monoisotopic (exact) mass is 472 g/mol. The van der Waals surface area contributed by atoms with Gasteiger partial charge in [0.1, 0.15) is 5.60 Å². The quantitative estimate of drug-likeness (QED) is 0.406. The molecule has 0 unspecified atom stereocenters. The second-order valence-electron chi connectivity index (χ2n) is 10.3. The number of nitrogens with zero attached hydrogens (tertiary/aromatic N) is 4. The molecule has 3 aromatic rings. The summed E-state index contributed by atoms with van der Waals surface area (Å²) in [5.74, 6) is 0. The molecule has 1 fully saturated rings. The highest BCUT2D eigenvalue weighted by atomic mass is 16.6. The largest absolute Gasteiger partial charge is 0.444 e. The van der Waals surface area contributed by atoms with Crippen LogP contribution in [0.2, 0.25) is 0 Å². The molecule has 35 heavy (non-hydrogen) atoms. The van der Waals surface area contributed by atoms with Gasteiger partial charge in [-0.3, -0.25) is 19.9 Å². The second-order valence-corrected chi connectivity index (χ2v) is 10.3. The molecule has 4 heterocycles. The number of ether oxygens (including phenoxy) is 1. The number of pyridine rings is 3. The minimum atomic E-state index is -0.579. The van der Waals surface area contributed by atoms with Crippen LogP contribution in [0.1, 0.15) is 86.7 Å². The molecular weight excluding hydrogens is 436 g/mol. The summed E-state index contributed by atoms with van der Waals surface area (Å²) in [6, 6.07) is 14.0. The van der Waals surface area contributed by atoms with Gasteiger partial charge in [-0.25, -0.2) is 4.79 Å². The van der Waals surface area contributed by atoms with Gasteiger partial charge in [-0.2, -0.15) is 0 Å². The number of hydrogen-bond acceptors (Lipinski definition) is 5. The Hall–Kier alpha value is -3.28. The Balaban J connectivity index is 1.59. The Morgan fingerprint density at radius 3 is 2.57 bits per heavy atom. The van der Waals surface area contributed by atoms with Crippen molar-refractivity contribution in [1.29, 1.82) is 0 Å². The van der Waals surface area contributed by atoms with E-state index in [-0.39, 0.29) is 18.2 Å². The lowest BCUT2D eigenvalue weighted by atomic mass is 9.90. The maximum Gasteiger partial charge on any atom is 0.411 e. The first-order valence-electron chi connectivity index (χ1n) is 12.6. The predicted molar refractivity (Wildman–Crippen MR) is 137 cm³/mol. The summed E-state index contributed by atoms with van der Waals surface area (Å²) in [7, 11) is 0. The standard InChI is InChI=1S/C29H36N4O2/c1-21-10-8-19-31-27(21)26-17-7-16-25(33(26)28(34)35-29(2,3)4)24-15-6-14-23(32-24)13-5-11-22-12-9-18-30-20-22/h6,8-10,12,14-15,18-20,25-26H,5,7,11,13,16-17H2,1-4H3/t25-,26+/m1/s1. The van der Waals surface area contributed by atoms with E-state index in [9.17, 15) is 4.79 Å². The Kier molecular flexibility index (Phi) is 7.79. The Labute approximate surface area is 208 Å². The van der Waals surface area contributed by atoms with Crippen LogP contribution in [0.3, 0.4) is 0 Å².